The number of carbonyl (C=O) groups excluding carboxylic acids is 2. The van der Waals surface area contributed by atoms with Gasteiger partial charge in [-0.2, -0.15) is 0 Å². The molecule has 1 aliphatic heterocycles. The van der Waals surface area contributed by atoms with E-state index in [2.05, 4.69) is 4.98 Å². The molecule has 0 bridgehead atoms. The van der Waals surface area contributed by atoms with Crippen LogP contribution in [-0.2, 0) is 9.59 Å². The van der Waals surface area contributed by atoms with E-state index in [4.69, 9.17) is 0 Å². The molecule has 4 rings (SSSR count). The first-order valence-electron chi connectivity index (χ1n) is 7.66. The molecule has 0 N–H and O–H groups in total. The third-order valence-electron chi connectivity index (χ3n) is 3.92. The topological polar surface area (TPSA) is 93.4 Å². The summed E-state index contributed by atoms with van der Waals surface area (Å²) in [5.74, 6) is -0.742. The van der Waals surface area contributed by atoms with Gasteiger partial charge in [-0.05, 0) is 18.2 Å². The van der Waals surface area contributed by atoms with Crippen molar-refractivity contribution in [2.45, 2.75) is 16.0 Å². The molecule has 1 aromatic heterocycles. The number of amides is 2. The Labute approximate surface area is 155 Å². The van der Waals surface area contributed by atoms with Gasteiger partial charge >= 0.3 is 0 Å². The molecule has 1 atom stereocenters. The molecule has 1 fully saturated rings. The average Bonchev–Trinajstić information content (AvgIpc) is 3.15. The number of nitro benzene ring substituents is 1. The van der Waals surface area contributed by atoms with Gasteiger partial charge in [-0.3, -0.25) is 19.7 Å². The maximum atomic E-state index is 12.7. The number of rotatable bonds is 4. The number of para-hydroxylation sites is 1. The van der Waals surface area contributed by atoms with Crippen LogP contribution < -0.4 is 4.90 Å². The summed E-state index contributed by atoms with van der Waals surface area (Å²) < 4.78 is 1.74. The Morgan fingerprint density at radius 1 is 1.19 bits per heavy atom. The Balaban J connectivity index is 1.59. The summed E-state index contributed by atoms with van der Waals surface area (Å²) in [5.41, 5.74) is 0.916. The molecule has 2 heterocycles. The van der Waals surface area contributed by atoms with E-state index >= 15 is 0 Å². The van der Waals surface area contributed by atoms with Crippen LogP contribution in [0.5, 0.6) is 0 Å². The monoisotopic (exact) mass is 385 g/mol. The molecule has 0 radical (unpaired) electrons. The fourth-order valence-electron chi connectivity index (χ4n) is 2.74. The number of nitro groups is 1. The second-order valence-electron chi connectivity index (χ2n) is 5.60. The Morgan fingerprint density at radius 2 is 2.00 bits per heavy atom. The number of fused-ring (bicyclic) bond motifs is 1. The molecule has 0 spiro atoms. The first-order valence-corrected chi connectivity index (χ1v) is 9.36. The number of aromatic nitrogens is 1. The third-order valence-corrected chi connectivity index (χ3v) is 6.24. The molecular weight excluding hydrogens is 374 g/mol. The third kappa shape index (κ3) is 2.95. The van der Waals surface area contributed by atoms with Crippen LogP contribution >= 0.6 is 23.1 Å². The number of non-ortho nitro benzene ring substituents is 1. The minimum absolute atomic E-state index is 0.0438. The number of hydrogen-bond acceptors (Lipinski definition) is 7. The first-order chi connectivity index (χ1) is 12.5. The number of thiazole rings is 1. The van der Waals surface area contributed by atoms with Crippen LogP contribution in [0.3, 0.4) is 0 Å². The van der Waals surface area contributed by atoms with Crippen LogP contribution in [0.15, 0.2) is 52.9 Å². The SMILES string of the molecule is O=C1C[C@@H](Sc2nc3ccccc3s2)C(=O)N1c1cccc([N+](=O)[O-])c1. The van der Waals surface area contributed by atoms with E-state index in [9.17, 15) is 19.7 Å². The van der Waals surface area contributed by atoms with Gasteiger partial charge in [0.2, 0.25) is 11.8 Å². The van der Waals surface area contributed by atoms with Crippen molar-refractivity contribution in [1.29, 1.82) is 0 Å². The minimum Gasteiger partial charge on any atom is -0.274 e. The quantitative estimate of drug-likeness (QED) is 0.387. The Bertz CT molecular complexity index is 1020. The van der Waals surface area contributed by atoms with E-state index in [0.717, 1.165) is 19.5 Å². The summed E-state index contributed by atoms with van der Waals surface area (Å²) in [5, 5.41) is 10.3. The molecule has 0 unspecified atom stereocenters. The fraction of sp³-hybridized carbons (Fsp3) is 0.118. The molecule has 2 aromatic carbocycles. The van der Waals surface area contributed by atoms with Crippen molar-refractivity contribution in [3.05, 3.63) is 58.6 Å². The highest BCUT2D eigenvalue weighted by atomic mass is 32.2. The zero-order valence-corrected chi connectivity index (χ0v) is 14.8. The maximum Gasteiger partial charge on any atom is 0.271 e. The number of carbonyl (C=O) groups is 2. The van der Waals surface area contributed by atoms with Crippen molar-refractivity contribution in [3.8, 4) is 0 Å². The summed E-state index contributed by atoms with van der Waals surface area (Å²) in [7, 11) is 0. The lowest BCUT2D eigenvalue weighted by molar-refractivity contribution is -0.384. The van der Waals surface area contributed by atoms with Gasteiger partial charge in [0.05, 0.1) is 20.8 Å². The number of hydrogen-bond donors (Lipinski definition) is 0. The lowest BCUT2D eigenvalue weighted by Gasteiger charge is -2.14. The van der Waals surface area contributed by atoms with Gasteiger partial charge in [-0.25, -0.2) is 9.88 Å². The highest BCUT2D eigenvalue weighted by molar-refractivity contribution is 8.02. The highest BCUT2D eigenvalue weighted by Crippen LogP contribution is 2.37. The number of thioether (sulfide) groups is 1. The van der Waals surface area contributed by atoms with Crippen LogP contribution in [0, 0.1) is 10.1 Å². The van der Waals surface area contributed by atoms with E-state index in [0.29, 0.717) is 0 Å². The summed E-state index contributed by atoms with van der Waals surface area (Å²) in [4.78, 5) is 40.9. The molecule has 3 aromatic rings. The average molecular weight is 385 g/mol. The van der Waals surface area contributed by atoms with Crippen molar-refractivity contribution in [2.24, 2.45) is 0 Å². The maximum absolute atomic E-state index is 12.7. The van der Waals surface area contributed by atoms with Crippen molar-refractivity contribution in [2.75, 3.05) is 4.90 Å². The van der Waals surface area contributed by atoms with Crippen molar-refractivity contribution in [3.63, 3.8) is 0 Å². The van der Waals surface area contributed by atoms with Gasteiger partial charge in [-0.1, -0.05) is 30.0 Å². The van der Waals surface area contributed by atoms with E-state index in [1.54, 1.807) is 0 Å². The smallest absolute Gasteiger partial charge is 0.271 e. The summed E-state index contributed by atoms with van der Waals surface area (Å²) >= 11 is 2.73. The first kappa shape index (κ1) is 16.7. The van der Waals surface area contributed by atoms with Gasteiger partial charge < -0.3 is 0 Å². The Hall–Kier alpha value is -2.78. The zero-order chi connectivity index (χ0) is 18.3. The summed E-state index contributed by atoms with van der Waals surface area (Å²) in [6.45, 7) is 0. The number of anilines is 1. The van der Waals surface area contributed by atoms with Crippen LogP contribution in [0.1, 0.15) is 6.42 Å². The molecule has 26 heavy (non-hydrogen) atoms. The lowest BCUT2D eigenvalue weighted by atomic mass is 10.2. The van der Waals surface area contributed by atoms with Crippen LogP contribution in [0.25, 0.3) is 10.2 Å². The lowest BCUT2D eigenvalue weighted by Crippen LogP contribution is -2.31. The molecular formula is C17H11N3O4S2. The number of nitrogens with zero attached hydrogens (tertiary/aromatic N) is 3. The minimum atomic E-state index is -0.581. The van der Waals surface area contributed by atoms with Crippen LogP contribution in [0.2, 0.25) is 0 Å². The van der Waals surface area contributed by atoms with E-state index < -0.39 is 10.2 Å². The van der Waals surface area contributed by atoms with Gasteiger partial charge in [0.1, 0.15) is 5.25 Å². The fourth-order valence-corrected chi connectivity index (χ4v) is 5.07. The molecule has 130 valence electrons. The van der Waals surface area contributed by atoms with Crippen molar-refractivity contribution >= 4 is 56.5 Å². The van der Waals surface area contributed by atoms with Crippen LogP contribution in [-0.4, -0.2) is 27.0 Å². The molecule has 1 saturated heterocycles. The van der Waals surface area contributed by atoms with Gasteiger partial charge in [0, 0.05) is 18.6 Å². The van der Waals surface area contributed by atoms with Crippen molar-refractivity contribution in [1.82, 2.24) is 4.98 Å². The predicted octanol–water partition coefficient (Wildman–Crippen LogP) is 3.63. The van der Waals surface area contributed by atoms with Gasteiger partial charge in [-0.15, -0.1) is 11.3 Å². The molecule has 0 aliphatic carbocycles. The van der Waals surface area contributed by atoms with Crippen LogP contribution in [0.4, 0.5) is 11.4 Å². The number of imide groups is 1. The Morgan fingerprint density at radius 3 is 2.77 bits per heavy atom. The second-order valence-corrected chi connectivity index (χ2v) is 8.08. The van der Waals surface area contributed by atoms with E-state index in [-0.39, 0.29) is 29.6 Å². The normalized spacial score (nSPS) is 17.2. The molecule has 9 heteroatoms. The van der Waals surface area contributed by atoms with Gasteiger partial charge in [0.25, 0.3) is 5.69 Å². The van der Waals surface area contributed by atoms with Crippen molar-refractivity contribution < 1.29 is 14.5 Å². The zero-order valence-electron chi connectivity index (χ0n) is 13.2. The van der Waals surface area contributed by atoms with E-state index in [1.807, 2.05) is 24.3 Å². The number of benzene rings is 2. The second kappa shape index (κ2) is 6.50. The highest BCUT2D eigenvalue weighted by Gasteiger charge is 2.41. The summed E-state index contributed by atoms with van der Waals surface area (Å²) in [6.07, 6.45) is 0.0438. The standard InChI is InChI=1S/C17H11N3O4S2/c21-15-9-14(26-17-18-12-6-1-2-7-13(12)25-17)16(22)19(15)10-4-3-5-11(8-10)20(23)24/h1-8,14H,9H2/t14-/m1/s1. The Kier molecular flexibility index (Phi) is 4.17. The molecule has 0 saturated carbocycles. The largest absolute Gasteiger partial charge is 0.274 e. The molecule has 2 amide bonds. The van der Waals surface area contributed by atoms with E-state index in [1.165, 1.54) is 47.4 Å². The predicted molar refractivity (Wildman–Crippen MR) is 99.5 cm³/mol. The molecule has 7 nitrogen and oxygen atoms in total. The van der Waals surface area contributed by atoms with Gasteiger partial charge in [0.15, 0.2) is 4.34 Å². The molecule has 1 aliphatic rings. The summed E-state index contributed by atoms with van der Waals surface area (Å²) in [6, 6.07) is 13.2.